The lowest BCUT2D eigenvalue weighted by atomic mass is 9.93. The van der Waals surface area contributed by atoms with Gasteiger partial charge in [0.2, 0.25) is 0 Å². The maximum Gasteiger partial charge on any atom is 0.164 e. The van der Waals surface area contributed by atoms with Crippen molar-refractivity contribution < 1.29 is 23.9 Å². The van der Waals surface area contributed by atoms with Gasteiger partial charge in [0.05, 0.1) is 19.2 Å². The highest BCUT2D eigenvalue weighted by molar-refractivity contribution is 6.04. The molecule has 4 nitrogen and oxygen atoms in total. The Balaban J connectivity index is 1.41. The number of aromatic nitrogens is 3. The second-order valence-electron chi connectivity index (χ2n) is 9.03. The minimum Gasteiger partial charge on any atom is -0.456 e. The molecule has 4 heteroatoms. The topological polar surface area (TPSA) is 47.9 Å². The Kier molecular flexibility index (Phi) is 3.06. The van der Waals surface area contributed by atoms with Crippen LogP contribution < -0.4 is 4.74 Å². The summed E-state index contributed by atoms with van der Waals surface area (Å²) >= 11 is 0. The molecule has 0 bridgehead atoms. The van der Waals surface area contributed by atoms with Gasteiger partial charge in [-0.1, -0.05) is 115 Å². The van der Waals surface area contributed by atoms with E-state index in [9.17, 15) is 0 Å². The van der Waals surface area contributed by atoms with Gasteiger partial charge in [-0.25, -0.2) is 15.0 Å². The van der Waals surface area contributed by atoms with Crippen LogP contribution in [0.15, 0.2) is 139 Å². The summed E-state index contributed by atoms with van der Waals surface area (Å²) in [4.78, 5) is 13.5. The molecule has 192 valence electrons. The van der Waals surface area contributed by atoms with Gasteiger partial charge >= 0.3 is 0 Å². The molecule has 0 atom stereocenters. The van der Waals surface area contributed by atoms with Crippen LogP contribution in [0.1, 0.15) is 19.2 Å². The van der Waals surface area contributed by atoms with Crippen LogP contribution in [0.4, 0.5) is 0 Å². The lowest BCUT2D eigenvalue weighted by Gasteiger charge is -2.21. The molecule has 0 N–H and O–H groups in total. The molecule has 0 saturated carbocycles. The molecular weight excluding hydrogens is 502 g/mol. The summed E-state index contributed by atoms with van der Waals surface area (Å²) in [6, 6.07) is 6.74. The molecule has 6 aromatic carbocycles. The second kappa shape index (κ2) is 9.54. The van der Waals surface area contributed by atoms with Crippen molar-refractivity contribution in [1.29, 1.82) is 0 Å². The van der Waals surface area contributed by atoms with Gasteiger partial charge in [-0.2, -0.15) is 0 Å². The molecule has 8 rings (SSSR count). The first-order chi connectivity index (χ1) is 26.1. The molecule has 0 saturated heterocycles. The number of hydrogen-bond donors (Lipinski definition) is 0. The van der Waals surface area contributed by atoms with Crippen LogP contribution in [0.25, 0.3) is 67.2 Å². The molecule has 0 spiro atoms. The zero-order valence-electron chi connectivity index (χ0n) is 34.9. The Labute approximate surface area is 257 Å². The normalized spacial score (nSPS) is 16.4. The maximum absolute atomic E-state index is 9.02. The predicted octanol–water partition coefficient (Wildman–Crippen LogP) is 9.47. The Morgan fingerprint density at radius 3 is 1.73 bits per heavy atom. The summed E-state index contributed by atoms with van der Waals surface area (Å²) in [7, 11) is 0. The van der Waals surface area contributed by atoms with Gasteiger partial charge in [0.15, 0.2) is 17.5 Å². The molecule has 7 aromatic rings. The van der Waals surface area contributed by atoms with Crippen LogP contribution >= 0.6 is 0 Å². The van der Waals surface area contributed by atoms with Crippen LogP contribution in [0.5, 0.6) is 11.5 Å². The predicted molar refractivity (Wildman–Crippen MR) is 165 cm³/mol. The van der Waals surface area contributed by atoms with Gasteiger partial charge in [0.25, 0.3) is 0 Å². The van der Waals surface area contributed by atoms with Crippen molar-refractivity contribution in [2.45, 2.75) is 0 Å². The molecule has 2 heterocycles. The van der Waals surface area contributed by atoms with Gasteiger partial charge in [0.1, 0.15) is 11.5 Å². The van der Waals surface area contributed by atoms with Crippen molar-refractivity contribution in [3.63, 3.8) is 0 Å². The van der Waals surface area contributed by atoms with Crippen molar-refractivity contribution >= 4 is 10.8 Å². The van der Waals surface area contributed by atoms with Crippen molar-refractivity contribution in [2.75, 3.05) is 0 Å². The highest BCUT2D eigenvalue weighted by atomic mass is 16.5. The third-order valence-electron chi connectivity index (χ3n) is 6.57. The molecule has 1 aromatic heterocycles. The molecule has 0 radical (unpaired) electrons. The second-order valence-corrected chi connectivity index (χ2v) is 9.03. The number of benzene rings is 6. The van der Waals surface area contributed by atoms with Crippen molar-refractivity contribution in [2.24, 2.45) is 0 Å². The van der Waals surface area contributed by atoms with Crippen LogP contribution in [-0.4, -0.2) is 15.0 Å². The third-order valence-corrected chi connectivity index (χ3v) is 6.57. The summed E-state index contributed by atoms with van der Waals surface area (Å²) in [6.45, 7) is 0. The van der Waals surface area contributed by atoms with E-state index in [1.807, 2.05) is 36.4 Å². The van der Waals surface area contributed by atoms with E-state index in [2.05, 4.69) is 15.0 Å². The molecule has 0 unspecified atom stereocenters. The largest absolute Gasteiger partial charge is 0.456 e. The van der Waals surface area contributed by atoms with Crippen LogP contribution in [0.3, 0.4) is 0 Å². The zero-order valence-corrected chi connectivity index (χ0v) is 20.9. The first-order valence-corrected chi connectivity index (χ1v) is 12.5. The minimum absolute atomic E-state index is 0.104. The number of rotatable bonds is 4. The third kappa shape index (κ3) is 4.14. The first kappa shape index (κ1) is 13.2. The average Bonchev–Trinajstić information content (AvgIpc) is 3.18. The molecular formula is C37H23N3O. The SMILES string of the molecule is [2H]c1c([2H])c([2H])c(-c2nc(-c3ccc4c(c3)-c3cccc5cccc(c35)O4)nc(-c3c([2H])c([2H])c(-c4c([2H])c([2H])c([2H])c([2H])c4[2H])c([2H])c3[2H])n2)c([2H])c1[2H]. The highest BCUT2D eigenvalue weighted by Gasteiger charge is 2.21. The fourth-order valence-corrected chi connectivity index (χ4v) is 4.72. The Bertz CT molecular complexity index is 2770. The highest BCUT2D eigenvalue weighted by Crippen LogP contribution is 2.47. The van der Waals surface area contributed by atoms with Crippen LogP contribution in [-0.2, 0) is 0 Å². The number of fused-ring (bicyclic) bond motifs is 2. The lowest BCUT2D eigenvalue weighted by molar-refractivity contribution is 0.487. The van der Waals surface area contributed by atoms with E-state index in [0.29, 0.717) is 22.6 Å². The van der Waals surface area contributed by atoms with Gasteiger partial charge in [0, 0.05) is 27.6 Å². The number of hydrogen-bond acceptors (Lipinski definition) is 4. The quantitative estimate of drug-likeness (QED) is 0.223. The van der Waals surface area contributed by atoms with Crippen molar-refractivity contribution in [3.05, 3.63) is 139 Å². The molecule has 41 heavy (non-hydrogen) atoms. The van der Waals surface area contributed by atoms with Gasteiger partial charge in [-0.05, 0) is 46.3 Å². The van der Waals surface area contributed by atoms with Crippen molar-refractivity contribution in [3.8, 4) is 67.9 Å². The summed E-state index contributed by atoms with van der Waals surface area (Å²) in [5, 5.41) is 1.81. The Hall–Kier alpha value is -5.61. The summed E-state index contributed by atoms with van der Waals surface area (Å²) in [5.41, 5.74) is -0.0784. The van der Waals surface area contributed by atoms with Gasteiger partial charge in [-0.3, -0.25) is 0 Å². The van der Waals surface area contributed by atoms with Gasteiger partial charge < -0.3 is 4.74 Å². The summed E-state index contributed by atoms with van der Waals surface area (Å²) < 4.78 is 125. The molecule has 1 aliphatic rings. The van der Waals surface area contributed by atoms with E-state index in [-0.39, 0.29) is 5.82 Å². The summed E-state index contributed by atoms with van der Waals surface area (Å²) in [5.74, 6) is 0.225. The zero-order chi connectivity index (χ0) is 39.4. The average molecular weight is 540 g/mol. The van der Waals surface area contributed by atoms with E-state index in [4.69, 9.17) is 23.9 Å². The van der Waals surface area contributed by atoms with E-state index in [1.165, 1.54) is 0 Å². The molecule has 1 aliphatic heterocycles. The molecule has 0 amide bonds. The van der Waals surface area contributed by atoms with Crippen LogP contribution in [0.2, 0.25) is 0 Å². The van der Waals surface area contributed by atoms with E-state index >= 15 is 0 Å². The lowest BCUT2D eigenvalue weighted by Crippen LogP contribution is -2.01. The van der Waals surface area contributed by atoms with Crippen molar-refractivity contribution in [1.82, 2.24) is 15.0 Å². The Morgan fingerprint density at radius 2 is 1.02 bits per heavy atom. The summed E-state index contributed by atoms with van der Waals surface area (Å²) in [6.07, 6.45) is 0. The van der Waals surface area contributed by atoms with E-state index in [0.717, 1.165) is 16.3 Å². The maximum atomic E-state index is 9.02. The monoisotopic (exact) mass is 539 g/mol. The minimum atomic E-state index is -0.751. The Morgan fingerprint density at radius 1 is 0.463 bits per heavy atom. The first-order valence-electron chi connectivity index (χ1n) is 19.5. The number of nitrogens with zero attached hydrogens (tertiary/aromatic N) is 3. The standard InChI is InChI=1S/C37H23N3O/c1-3-9-24(10-4-1)25-17-19-28(20-18-25)36-38-35(27-11-5-2-6-12-27)39-37(40-36)29-21-22-32-31(23-29)30-15-7-13-26-14-8-16-33(41-32)34(26)30/h1-23H/i1D,2D,3D,4D,5D,6D,9D,10D,11D,12D,17D,18D,19D,20D. The van der Waals surface area contributed by atoms with Crippen LogP contribution in [0, 0.1) is 0 Å². The number of ether oxygens (including phenoxy) is 1. The van der Waals surface area contributed by atoms with E-state index < -0.39 is 118 Å². The molecule has 0 aliphatic carbocycles. The van der Waals surface area contributed by atoms with E-state index in [1.54, 1.807) is 18.2 Å². The molecule has 0 fully saturated rings. The van der Waals surface area contributed by atoms with Gasteiger partial charge in [-0.15, -0.1) is 0 Å². The smallest absolute Gasteiger partial charge is 0.164 e. The fourth-order valence-electron chi connectivity index (χ4n) is 4.72. The fraction of sp³-hybridized carbons (Fsp3) is 0.